The zero-order chi connectivity index (χ0) is 24.9. The van der Waals surface area contributed by atoms with E-state index in [1.807, 2.05) is 91.9 Å². The van der Waals surface area contributed by atoms with Crippen LogP contribution in [0.2, 0.25) is 5.02 Å². The summed E-state index contributed by atoms with van der Waals surface area (Å²) in [5.41, 5.74) is 2.51. The Morgan fingerprint density at radius 1 is 0.917 bits per heavy atom. The lowest BCUT2D eigenvalue weighted by molar-refractivity contribution is -0.115. The number of hydrogen-bond acceptors (Lipinski definition) is 5. The van der Waals surface area contributed by atoms with Crippen molar-refractivity contribution >= 4 is 57.0 Å². The fraction of sp³-hybridized carbons (Fsp3) is 0.103. The van der Waals surface area contributed by atoms with Crippen molar-refractivity contribution in [1.82, 2.24) is 5.32 Å². The Kier molecular flexibility index (Phi) is 7.26. The zero-order valence-corrected chi connectivity index (χ0v) is 21.1. The minimum Gasteiger partial charge on any atom is -0.490 e. The highest BCUT2D eigenvalue weighted by atomic mass is 35.5. The van der Waals surface area contributed by atoms with Crippen molar-refractivity contribution in [2.45, 2.75) is 13.5 Å². The molecule has 36 heavy (non-hydrogen) atoms. The van der Waals surface area contributed by atoms with Gasteiger partial charge in [0.15, 0.2) is 16.7 Å². The summed E-state index contributed by atoms with van der Waals surface area (Å²) in [5, 5.41) is 6.30. The molecule has 0 unspecified atom stereocenters. The molecule has 1 saturated heterocycles. The third-order valence-corrected chi connectivity index (χ3v) is 6.80. The first kappa shape index (κ1) is 24.0. The fourth-order valence-corrected chi connectivity index (χ4v) is 4.80. The number of rotatable bonds is 7. The summed E-state index contributed by atoms with van der Waals surface area (Å²) in [7, 11) is 0. The van der Waals surface area contributed by atoms with Crippen molar-refractivity contribution in [3.63, 3.8) is 0 Å². The Bertz CT molecular complexity index is 1500. The summed E-state index contributed by atoms with van der Waals surface area (Å²) in [6, 6.07) is 27.2. The van der Waals surface area contributed by atoms with E-state index in [1.165, 1.54) is 11.8 Å². The lowest BCUT2D eigenvalue weighted by atomic mass is 10.1. The number of aliphatic imine (C=N–C) groups is 1. The lowest BCUT2D eigenvalue weighted by Gasteiger charge is -2.13. The minimum absolute atomic E-state index is 0.184. The largest absolute Gasteiger partial charge is 0.490 e. The Balaban J connectivity index is 1.34. The standard InChI is InChI=1S/C29H23ClN2O3S/c1-2-34-26-15-19(11-14-25(26)35-18-22-9-5-6-10-24(22)30)16-27-28(33)32-29(36-27)31-23-13-12-20-7-3-4-8-21(20)17-23/h3-17H,2,18H2,1H3,(H,31,32,33)/b27-16-. The molecule has 0 saturated carbocycles. The van der Waals surface area contributed by atoms with Crippen LogP contribution < -0.4 is 14.8 Å². The number of carbonyl (C=O) groups is 1. The summed E-state index contributed by atoms with van der Waals surface area (Å²) in [6.07, 6.45) is 1.82. The van der Waals surface area contributed by atoms with Gasteiger partial charge in [0.25, 0.3) is 5.91 Å². The van der Waals surface area contributed by atoms with E-state index in [0.717, 1.165) is 27.6 Å². The smallest absolute Gasteiger partial charge is 0.264 e. The Labute approximate surface area is 218 Å². The van der Waals surface area contributed by atoms with Crippen LogP contribution in [0, 0.1) is 0 Å². The molecule has 4 aromatic rings. The highest BCUT2D eigenvalue weighted by Crippen LogP contribution is 2.33. The van der Waals surface area contributed by atoms with Gasteiger partial charge in [0, 0.05) is 10.6 Å². The average Bonchev–Trinajstić information content (AvgIpc) is 3.22. The first-order valence-corrected chi connectivity index (χ1v) is 12.7. The third kappa shape index (κ3) is 5.56. The van der Waals surface area contributed by atoms with Gasteiger partial charge in [-0.25, -0.2) is 4.99 Å². The topological polar surface area (TPSA) is 59.9 Å². The predicted octanol–water partition coefficient (Wildman–Crippen LogP) is 7.36. The molecule has 5 rings (SSSR count). The molecule has 180 valence electrons. The molecular weight excluding hydrogens is 492 g/mol. The van der Waals surface area contributed by atoms with Gasteiger partial charge in [0.2, 0.25) is 0 Å². The molecule has 1 aliphatic rings. The molecule has 0 spiro atoms. The number of amidine groups is 1. The van der Waals surface area contributed by atoms with Gasteiger partial charge in [-0.15, -0.1) is 0 Å². The Morgan fingerprint density at radius 3 is 2.56 bits per heavy atom. The molecule has 1 N–H and O–H groups in total. The number of amides is 1. The maximum Gasteiger partial charge on any atom is 0.264 e. The van der Waals surface area contributed by atoms with Crippen LogP contribution in [0.15, 0.2) is 94.8 Å². The first-order chi connectivity index (χ1) is 17.6. The van der Waals surface area contributed by atoms with Crippen molar-refractivity contribution in [3.05, 3.63) is 106 Å². The molecule has 0 atom stereocenters. The number of benzene rings is 4. The van der Waals surface area contributed by atoms with Crippen LogP contribution in [-0.4, -0.2) is 17.7 Å². The molecular formula is C29H23ClN2O3S. The maximum absolute atomic E-state index is 12.6. The van der Waals surface area contributed by atoms with Crippen molar-refractivity contribution in [1.29, 1.82) is 0 Å². The molecule has 0 radical (unpaired) electrons. The highest BCUT2D eigenvalue weighted by Gasteiger charge is 2.24. The summed E-state index contributed by atoms with van der Waals surface area (Å²) < 4.78 is 11.8. The van der Waals surface area contributed by atoms with Gasteiger partial charge in [-0.2, -0.15) is 0 Å². The van der Waals surface area contributed by atoms with Gasteiger partial charge < -0.3 is 14.8 Å². The highest BCUT2D eigenvalue weighted by molar-refractivity contribution is 8.18. The minimum atomic E-state index is -0.184. The van der Waals surface area contributed by atoms with E-state index < -0.39 is 0 Å². The quantitative estimate of drug-likeness (QED) is 0.262. The van der Waals surface area contributed by atoms with Crippen molar-refractivity contribution in [3.8, 4) is 11.5 Å². The van der Waals surface area contributed by atoms with E-state index >= 15 is 0 Å². The van der Waals surface area contributed by atoms with E-state index in [1.54, 1.807) is 0 Å². The molecule has 4 aromatic carbocycles. The monoisotopic (exact) mass is 514 g/mol. The zero-order valence-electron chi connectivity index (χ0n) is 19.5. The maximum atomic E-state index is 12.6. The van der Waals surface area contributed by atoms with E-state index in [2.05, 4.69) is 16.4 Å². The lowest BCUT2D eigenvalue weighted by Crippen LogP contribution is -2.19. The summed E-state index contributed by atoms with van der Waals surface area (Å²) in [4.78, 5) is 17.8. The number of ether oxygens (including phenoxy) is 2. The van der Waals surface area contributed by atoms with E-state index in [-0.39, 0.29) is 5.91 Å². The van der Waals surface area contributed by atoms with Crippen molar-refractivity contribution in [2.24, 2.45) is 4.99 Å². The third-order valence-electron chi connectivity index (χ3n) is 5.52. The van der Waals surface area contributed by atoms with E-state index in [4.69, 9.17) is 21.1 Å². The van der Waals surface area contributed by atoms with Gasteiger partial charge >= 0.3 is 0 Å². The SMILES string of the molecule is CCOc1cc(/C=C2\SC(=Nc3ccc4ccccc4c3)NC2=O)ccc1OCc1ccccc1Cl. The van der Waals surface area contributed by atoms with E-state index in [9.17, 15) is 4.79 Å². The molecule has 0 aromatic heterocycles. The number of nitrogens with one attached hydrogen (secondary N) is 1. The van der Waals surface area contributed by atoms with Crippen LogP contribution in [0.1, 0.15) is 18.1 Å². The summed E-state index contributed by atoms with van der Waals surface area (Å²) in [5.74, 6) is 1.03. The molecule has 5 nitrogen and oxygen atoms in total. The van der Waals surface area contributed by atoms with E-state index in [0.29, 0.717) is 39.8 Å². The number of fused-ring (bicyclic) bond motifs is 1. The Hall–Kier alpha value is -3.74. The summed E-state index contributed by atoms with van der Waals surface area (Å²) in [6.45, 7) is 2.73. The van der Waals surface area contributed by atoms with Gasteiger partial charge in [-0.05, 0) is 71.4 Å². The number of thioether (sulfide) groups is 1. The average molecular weight is 515 g/mol. The number of halogens is 1. The predicted molar refractivity (Wildman–Crippen MR) is 148 cm³/mol. The number of hydrogen-bond donors (Lipinski definition) is 1. The van der Waals surface area contributed by atoms with Gasteiger partial charge in [-0.3, -0.25) is 4.79 Å². The molecule has 1 heterocycles. The molecule has 1 amide bonds. The second kappa shape index (κ2) is 10.9. The fourth-order valence-electron chi connectivity index (χ4n) is 3.77. The second-order valence-corrected chi connectivity index (χ2v) is 9.47. The number of nitrogens with zero attached hydrogens (tertiary/aromatic N) is 1. The molecule has 0 bridgehead atoms. The normalized spacial score (nSPS) is 15.4. The van der Waals surface area contributed by atoms with Crippen LogP contribution in [-0.2, 0) is 11.4 Å². The number of carbonyl (C=O) groups excluding carboxylic acids is 1. The van der Waals surface area contributed by atoms with Crippen molar-refractivity contribution < 1.29 is 14.3 Å². The van der Waals surface area contributed by atoms with Crippen LogP contribution in [0.5, 0.6) is 11.5 Å². The van der Waals surface area contributed by atoms with Crippen LogP contribution >= 0.6 is 23.4 Å². The second-order valence-electron chi connectivity index (χ2n) is 8.03. The van der Waals surface area contributed by atoms with Gasteiger partial charge in [0.05, 0.1) is 17.2 Å². The van der Waals surface area contributed by atoms with Crippen molar-refractivity contribution in [2.75, 3.05) is 6.61 Å². The van der Waals surface area contributed by atoms with Gasteiger partial charge in [0.1, 0.15) is 6.61 Å². The van der Waals surface area contributed by atoms with Crippen LogP contribution in [0.25, 0.3) is 16.8 Å². The molecule has 1 aliphatic heterocycles. The molecule has 7 heteroatoms. The molecule has 0 aliphatic carbocycles. The van der Waals surface area contributed by atoms with Gasteiger partial charge in [-0.1, -0.05) is 66.2 Å². The first-order valence-electron chi connectivity index (χ1n) is 11.5. The summed E-state index contributed by atoms with van der Waals surface area (Å²) >= 11 is 7.56. The van der Waals surface area contributed by atoms with Crippen LogP contribution in [0.3, 0.4) is 0 Å². The molecule has 1 fully saturated rings. The Morgan fingerprint density at radius 2 is 1.72 bits per heavy atom. The van der Waals surface area contributed by atoms with Crippen LogP contribution in [0.4, 0.5) is 5.69 Å².